The first-order chi connectivity index (χ1) is 7.01. The number of sulfonamides is 1. The van der Waals surface area contributed by atoms with E-state index in [0.717, 1.165) is 11.8 Å². The number of nitrogens with two attached hydrogens (primary N) is 1. The molecule has 0 spiro atoms. The molecule has 0 aromatic heterocycles. The molecule has 3 N–H and O–H groups in total. The van der Waals surface area contributed by atoms with Crippen LogP contribution in [0, 0.1) is 11.8 Å². The molecule has 0 atom stereocenters. The minimum Gasteiger partial charge on any atom is -0.320 e. The standard InChI is InChI=1S/C10H12N2O2S/c1-15(13,14)12-10-6-2-4-9(8-10)5-3-7-11/h2,4,6,8,12H,7,11H2,1H3. The Balaban J connectivity index is 2.93. The van der Waals surface area contributed by atoms with E-state index in [1.54, 1.807) is 24.3 Å². The van der Waals surface area contributed by atoms with Crippen molar-refractivity contribution in [3.05, 3.63) is 29.8 Å². The Kier molecular flexibility index (Phi) is 3.72. The summed E-state index contributed by atoms with van der Waals surface area (Å²) in [5.41, 5.74) is 6.46. The van der Waals surface area contributed by atoms with Crippen molar-refractivity contribution < 1.29 is 8.42 Å². The number of hydrogen-bond donors (Lipinski definition) is 2. The third-order valence-electron chi connectivity index (χ3n) is 1.50. The van der Waals surface area contributed by atoms with E-state index in [0.29, 0.717) is 5.69 Å². The molecule has 0 saturated heterocycles. The Morgan fingerprint density at radius 3 is 2.80 bits per heavy atom. The molecule has 0 radical (unpaired) electrons. The first kappa shape index (κ1) is 11.6. The van der Waals surface area contributed by atoms with Crippen molar-refractivity contribution in [1.82, 2.24) is 0 Å². The van der Waals surface area contributed by atoms with Crippen LogP contribution < -0.4 is 10.5 Å². The highest BCUT2D eigenvalue weighted by Crippen LogP contribution is 2.10. The van der Waals surface area contributed by atoms with Gasteiger partial charge in [0.15, 0.2) is 0 Å². The van der Waals surface area contributed by atoms with Gasteiger partial charge in [-0.25, -0.2) is 8.42 Å². The van der Waals surface area contributed by atoms with Crippen LogP contribution in [0.2, 0.25) is 0 Å². The van der Waals surface area contributed by atoms with Crippen molar-refractivity contribution in [2.45, 2.75) is 0 Å². The lowest BCUT2D eigenvalue weighted by atomic mass is 10.2. The van der Waals surface area contributed by atoms with Gasteiger partial charge in [-0.2, -0.15) is 0 Å². The summed E-state index contributed by atoms with van der Waals surface area (Å²) in [6.45, 7) is 0.281. The Morgan fingerprint density at radius 1 is 1.47 bits per heavy atom. The van der Waals surface area contributed by atoms with Crippen molar-refractivity contribution in [1.29, 1.82) is 0 Å². The van der Waals surface area contributed by atoms with Gasteiger partial charge in [0.25, 0.3) is 0 Å². The molecular formula is C10H12N2O2S. The molecule has 0 heterocycles. The van der Waals surface area contributed by atoms with Crippen molar-refractivity contribution >= 4 is 15.7 Å². The number of benzene rings is 1. The summed E-state index contributed by atoms with van der Waals surface area (Å²) in [4.78, 5) is 0. The van der Waals surface area contributed by atoms with Gasteiger partial charge < -0.3 is 5.73 Å². The zero-order chi connectivity index (χ0) is 11.3. The fourth-order valence-electron chi connectivity index (χ4n) is 1.03. The van der Waals surface area contributed by atoms with Crippen LogP contribution in [0.25, 0.3) is 0 Å². The molecule has 1 aromatic rings. The highest BCUT2D eigenvalue weighted by molar-refractivity contribution is 7.92. The Hall–Kier alpha value is -1.51. The average molecular weight is 224 g/mol. The normalized spacial score (nSPS) is 10.3. The van der Waals surface area contributed by atoms with Gasteiger partial charge in [-0.15, -0.1) is 0 Å². The Morgan fingerprint density at radius 2 is 2.20 bits per heavy atom. The average Bonchev–Trinajstić information content (AvgIpc) is 2.12. The van der Waals surface area contributed by atoms with Crippen LogP contribution in [0.1, 0.15) is 5.56 Å². The number of hydrogen-bond acceptors (Lipinski definition) is 3. The van der Waals surface area contributed by atoms with E-state index in [2.05, 4.69) is 16.6 Å². The molecule has 5 heteroatoms. The second-order valence-corrected chi connectivity index (χ2v) is 4.71. The van der Waals surface area contributed by atoms with E-state index in [-0.39, 0.29) is 6.54 Å². The van der Waals surface area contributed by atoms with E-state index < -0.39 is 10.0 Å². The van der Waals surface area contributed by atoms with E-state index in [4.69, 9.17) is 5.73 Å². The van der Waals surface area contributed by atoms with Gasteiger partial charge in [-0.1, -0.05) is 17.9 Å². The second-order valence-electron chi connectivity index (χ2n) is 2.96. The largest absolute Gasteiger partial charge is 0.320 e. The van der Waals surface area contributed by atoms with Gasteiger partial charge in [0.1, 0.15) is 0 Å². The lowest BCUT2D eigenvalue weighted by Gasteiger charge is -2.03. The van der Waals surface area contributed by atoms with E-state index in [1.165, 1.54) is 0 Å². The molecule has 15 heavy (non-hydrogen) atoms. The molecule has 0 amide bonds. The minimum absolute atomic E-state index is 0.281. The number of rotatable bonds is 2. The van der Waals surface area contributed by atoms with Crippen LogP contribution in [0.15, 0.2) is 24.3 Å². The summed E-state index contributed by atoms with van der Waals surface area (Å²) in [6, 6.07) is 6.84. The highest BCUT2D eigenvalue weighted by atomic mass is 32.2. The molecule has 0 unspecified atom stereocenters. The molecular weight excluding hydrogens is 212 g/mol. The van der Waals surface area contributed by atoms with Gasteiger partial charge in [0, 0.05) is 11.3 Å². The fourth-order valence-corrected chi connectivity index (χ4v) is 1.58. The zero-order valence-corrected chi connectivity index (χ0v) is 9.14. The molecule has 0 fully saturated rings. The van der Waals surface area contributed by atoms with Crippen LogP contribution >= 0.6 is 0 Å². The van der Waals surface area contributed by atoms with E-state index in [9.17, 15) is 8.42 Å². The van der Waals surface area contributed by atoms with Crippen molar-refractivity contribution in [2.75, 3.05) is 17.5 Å². The van der Waals surface area contributed by atoms with Crippen LogP contribution in [-0.4, -0.2) is 21.2 Å². The number of nitrogens with one attached hydrogen (secondary N) is 1. The summed E-state index contributed by atoms with van der Waals surface area (Å²) >= 11 is 0. The van der Waals surface area contributed by atoms with Crippen molar-refractivity contribution in [2.24, 2.45) is 5.73 Å². The van der Waals surface area contributed by atoms with Gasteiger partial charge in [-0.3, -0.25) is 4.72 Å². The minimum atomic E-state index is -3.24. The van der Waals surface area contributed by atoms with Gasteiger partial charge >= 0.3 is 0 Å². The third kappa shape index (κ3) is 4.49. The molecule has 80 valence electrons. The smallest absolute Gasteiger partial charge is 0.229 e. The first-order valence-electron chi connectivity index (χ1n) is 4.28. The lowest BCUT2D eigenvalue weighted by molar-refractivity contribution is 0.607. The molecule has 0 aliphatic heterocycles. The van der Waals surface area contributed by atoms with Crippen LogP contribution in [0.3, 0.4) is 0 Å². The van der Waals surface area contributed by atoms with Crippen molar-refractivity contribution in [3.63, 3.8) is 0 Å². The molecule has 1 rings (SSSR count). The molecule has 0 aliphatic rings. The summed E-state index contributed by atoms with van der Waals surface area (Å²) in [5.74, 6) is 5.52. The SMILES string of the molecule is CS(=O)(=O)Nc1cccc(C#CCN)c1. The van der Waals surface area contributed by atoms with Crippen molar-refractivity contribution in [3.8, 4) is 11.8 Å². The predicted octanol–water partition coefficient (Wildman–Crippen LogP) is 0.368. The molecule has 0 saturated carbocycles. The van der Waals surface area contributed by atoms with Crippen LogP contribution in [0.5, 0.6) is 0 Å². The first-order valence-corrected chi connectivity index (χ1v) is 6.17. The summed E-state index contributed by atoms with van der Waals surface area (Å²) in [7, 11) is -3.24. The molecule has 4 nitrogen and oxygen atoms in total. The fraction of sp³-hybridized carbons (Fsp3) is 0.200. The zero-order valence-electron chi connectivity index (χ0n) is 8.32. The van der Waals surface area contributed by atoms with E-state index >= 15 is 0 Å². The monoisotopic (exact) mass is 224 g/mol. The maximum Gasteiger partial charge on any atom is 0.229 e. The quantitative estimate of drug-likeness (QED) is 0.713. The van der Waals surface area contributed by atoms with Crippen LogP contribution in [-0.2, 0) is 10.0 Å². The molecule has 0 bridgehead atoms. The second kappa shape index (κ2) is 4.82. The third-order valence-corrected chi connectivity index (χ3v) is 2.11. The molecule has 1 aromatic carbocycles. The number of anilines is 1. The van der Waals surface area contributed by atoms with Gasteiger partial charge in [-0.05, 0) is 18.2 Å². The van der Waals surface area contributed by atoms with Crippen LogP contribution in [0.4, 0.5) is 5.69 Å². The Labute approximate surface area is 89.5 Å². The molecule has 0 aliphatic carbocycles. The summed E-state index contributed by atoms with van der Waals surface area (Å²) in [6.07, 6.45) is 1.10. The maximum atomic E-state index is 11.0. The maximum absolute atomic E-state index is 11.0. The van der Waals surface area contributed by atoms with Gasteiger partial charge in [0.05, 0.1) is 12.8 Å². The van der Waals surface area contributed by atoms with E-state index in [1.807, 2.05) is 0 Å². The van der Waals surface area contributed by atoms with Gasteiger partial charge in [0.2, 0.25) is 10.0 Å². The highest BCUT2D eigenvalue weighted by Gasteiger charge is 2.00. The summed E-state index contributed by atoms with van der Waals surface area (Å²) < 4.78 is 24.3. The summed E-state index contributed by atoms with van der Waals surface area (Å²) in [5, 5.41) is 0. The Bertz CT molecular complexity index is 498. The lowest BCUT2D eigenvalue weighted by Crippen LogP contribution is -2.09. The topological polar surface area (TPSA) is 72.2 Å². The predicted molar refractivity (Wildman–Crippen MR) is 60.8 cm³/mol.